The van der Waals surface area contributed by atoms with E-state index < -0.39 is 0 Å². The monoisotopic (exact) mass is 245 g/mol. The van der Waals surface area contributed by atoms with Crippen LogP contribution in [0.2, 0.25) is 0 Å². The largest absolute Gasteiger partial charge is 0.354 e. The number of rotatable bonds is 3. The van der Waals surface area contributed by atoms with Crippen LogP contribution >= 0.6 is 0 Å². The highest BCUT2D eigenvalue weighted by Crippen LogP contribution is 2.27. The van der Waals surface area contributed by atoms with Crippen molar-refractivity contribution in [1.29, 1.82) is 0 Å². The van der Waals surface area contributed by atoms with Gasteiger partial charge in [-0.25, -0.2) is 9.97 Å². The lowest BCUT2D eigenvalue weighted by Gasteiger charge is -2.17. The average molecular weight is 245 g/mol. The lowest BCUT2D eigenvalue weighted by atomic mass is 10.1. The molecule has 1 aliphatic rings. The second kappa shape index (κ2) is 4.57. The number of aryl methyl sites for hydroxylation is 1. The zero-order valence-electron chi connectivity index (χ0n) is 10.9. The number of anilines is 1. The summed E-state index contributed by atoms with van der Waals surface area (Å²) in [6.07, 6.45) is 4.97. The molecule has 0 saturated carbocycles. The zero-order chi connectivity index (χ0) is 12.5. The van der Waals surface area contributed by atoms with E-state index in [1.807, 2.05) is 37.3 Å². The molecule has 1 aliphatic heterocycles. The third kappa shape index (κ3) is 1.84. The third-order valence-corrected chi connectivity index (χ3v) is 3.70. The van der Waals surface area contributed by atoms with Gasteiger partial charge >= 0.3 is 0 Å². The van der Waals surface area contributed by atoms with Crippen molar-refractivity contribution in [1.82, 2.24) is 19.9 Å². The Labute approximate surface area is 107 Å². The maximum atomic E-state index is 4.53. The van der Waals surface area contributed by atoms with E-state index in [4.69, 9.17) is 0 Å². The number of fused-ring (bicyclic) bond motifs is 1. The highest BCUT2D eigenvalue weighted by Gasteiger charge is 2.24. The Kier molecular flexibility index (Phi) is 2.91. The number of nitrogens with one attached hydrogen (secondary N) is 1. The molecule has 1 unspecified atom stereocenters. The van der Waals surface area contributed by atoms with Crippen LogP contribution in [0.25, 0.3) is 11.0 Å². The molecule has 5 nitrogen and oxygen atoms in total. The van der Waals surface area contributed by atoms with Crippen LogP contribution in [0.5, 0.6) is 0 Å². The fourth-order valence-electron chi connectivity index (χ4n) is 2.76. The van der Waals surface area contributed by atoms with Gasteiger partial charge in [0.05, 0.1) is 11.8 Å². The molecule has 2 aromatic heterocycles. The minimum absolute atomic E-state index is 0.718. The smallest absolute Gasteiger partial charge is 0.156 e. The van der Waals surface area contributed by atoms with Gasteiger partial charge in [0, 0.05) is 26.3 Å². The first-order chi connectivity index (χ1) is 8.79. The predicted molar refractivity (Wildman–Crippen MR) is 72.8 cm³/mol. The molecule has 0 spiro atoms. The molecule has 0 amide bonds. The molecule has 96 valence electrons. The first-order valence-electron chi connectivity index (χ1n) is 6.45. The van der Waals surface area contributed by atoms with Crippen molar-refractivity contribution < 1.29 is 0 Å². The third-order valence-electron chi connectivity index (χ3n) is 3.70. The van der Waals surface area contributed by atoms with Gasteiger partial charge < -0.3 is 14.8 Å². The second-order valence-electron chi connectivity index (χ2n) is 5.02. The van der Waals surface area contributed by atoms with E-state index in [0.29, 0.717) is 0 Å². The number of aromatic nitrogens is 3. The number of imidazole rings is 1. The van der Waals surface area contributed by atoms with Gasteiger partial charge in [0.2, 0.25) is 0 Å². The molecule has 5 heteroatoms. The van der Waals surface area contributed by atoms with Crippen LogP contribution in [-0.4, -0.2) is 41.2 Å². The van der Waals surface area contributed by atoms with E-state index in [1.165, 1.54) is 6.42 Å². The Morgan fingerprint density at radius 1 is 1.44 bits per heavy atom. The van der Waals surface area contributed by atoms with Crippen molar-refractivity contribution >= 4 is 16.9 Å². The van der Waals surface area contributed by atoms with Gasteiger partial charge in [-0.3, -0.25) is 0 Å². The maximum absolute atomic E-state index is 4.53. The van der Waals surface area contributed by atoms with E-state index in [-0.39, 0.29) is 0 Å². The standard InChI is InChI=1S/C13H19N5/c1-14-7-10-4-6-18(8-10)13-12-11(3-5-15-13)17(2)9-16-12/h3,5,9-10,14H,4,6-8H2,1-2H3. The highest BCUT2D eigenvalue weighted by molar-refractivity contribution is 5.86. The van der Waals surface area contributed by atoms with Gasteiger partial charge in [-0.05, 0) is 32.0 Å². The van der Waals surface area contributed by atoms with Crippen LogP contribution in [0.4, 0.5) is 5.82 Å². The summed E-state index contributed by atoms with van der Waals surface area (Å²) in [6.45, 7) is 3.23. The van der Waals surface area contributed by atoms with Crippen molar-refractivity contribution in [3.63, 3.8) is 0 Å². The van der Waals surface area contributed by atoms with Gasteiger partial charge in [0.1, 0.15) is 5.52 Å². The molecule has 1 atom stereocenters. The molecule has 1 saturated heterocycles. The van der Waals surface area contributed by atoms with E-state index in [9.17, 15) is 0 Å². The highest BCUT2D eigenvalue weighted by atomic mass is 15.2. The van der Waals surface area contributed by atoms with Crippen LogP contribution in [0.3, 0.4) is 0 Å². The normalized spacial score (nSPS) is 19.9. The zero-order valence-corrected chi connectivity index (χ0v) is 10.9. The fraction of sp³-hybridized carbons (Fsp3) is 0.538. The van der Waals surface area contributed by atoms with Crippen molar-refractivity contribution in [2.75, 3.05) is 31.6 Å². The summed E-state index contributed by atoms with van der Waals surface area (Å²) < 4.78 is 2.04. The summed E-state index contributed by atoms with van der Waals surface area (Å²) in [5.41, 5.74) is 2.17. The SMILES string of the molecule is CNCC1CCN(c2nccc3c2ncn3C)C1. The Balaban J connectivity index is 1.91. The van der Waals surface area contributed by atoms with Gasteiger partial charge in [-0.2, -0.15) is 0 Å². The second-order valence-corrected chi connectivity index (χ2v) is 5.02. The van der Waals surface area contributed by atoms with Gasteiger partial charge in [0.15, 0.2) is 5.82 Å². The van der Waals surface area contributed by atoms with Gasteiger partial charge in [-0.15, -0.1) is 0 Å². The molecule has 0 radical (unpaired) electrons. The molecule has 3 heterocycles. The summed E-state index contributed by atoms with van der Waals surface area (Å²) in [5, 5.41) is 3.26. The molecule has 3 rings (SSSR count). The molecule has 1 fully saturated rings. The van der Waals surface area contributed by atoms with E-state index in [2.05, 4.69) is 20.2 Å². The Morgan fingerprint density at radius 3 is 3.17 bits per heavy atom. The van der Waals surface area contributed by atoms with E-state index in [1.54, 1.807) is 0 Å². The summed E-state index contributed by atoms with van der Waals surface area (Å²) in [4.78, 5) is 11.4. The van der Waals surface area contributed by atoms with Crippen LogP contribution in [0.15, 0.2) is 18.6 Å². The minimum atomic E-state index is 0.718. The van der Waals surface area contributed by atoms with Crippen LogP contribution in [0.1, 0.15) is 6.42 Å². The van der Waals surface area contributed by atoms with Gasteiger partial charge in [0.25, 0.3) is 0 Å². The molecule has 1 N–H and O–H groups in total. The molecule has 0 aromatic carbocycles. The number of hydrogen-bond donors (Lipinski definition) is 1. The number of hydrogen-bond acceptors (Lipinski definition) is 4. The molecule has 0 aliphatic carbocycles. The Hall–Kier alpha value is -1.62. The first-order valence-corrected chi connectivity index (χ1v) is 6.45. The lowest BCUT2D eigenvalue weighted by Crippen LogP contribution is -2.25. The number of nitrogens with zero attached hydrogens (tertiary/aromatic N) is 4. The summed E-state index contributed by atoms with van der Waals surface area (Å²) in [6, 6.07) is 2.02. The van der Waals surface area contributed by atoms with Crippen LogP contribution in [0, 0.1) is 5.92 Å². The summed E-state index contributed by atoms with van der Waals surface area (Å²) in [5.74, 6) is 1.75. The summed E-state index contributed by atoms with van der Waals surface area (Å²) >= 11 is 0. The predicted octanol–water partition coefficient (Wildman–Crippen LogP) is 1.01. The fourth-order valence-corrected chi connectivity index (χ4v) is 2.76. The molecular weight excluding hydrogens is 226 g/mol. The van der Waals surface area contributed by atoms with E-state index >= 15 is 0 Å². The molecule has 2 aromatic rings. The molecular formula is C13H19N5. The lowest BCUT2D eigenvalue weighted by molar-refractivity contribution is 0.549. The van der Waals surface area contributed by atoms with Crippen LogP contribution < -0.4 is 10.2 Å². The maximum Gasteiger partial charge on any atom is 0.156 e. The van der Waals surface area contributed by atoms with Gasteiger partial charge in [-0.1, -0.05) is 0 Å². The Morgan fingerprint density at radius 2 is 2.33 bits per heavy atom. The minimum Gasteiger partial charge on any atom is -0.354 e. The van der Waals surface area contributed by atoms with Crippen LogP contribution in [-0.2, 0) is 7.05 Å². The number of pyridine rings is 1. The summed E-state index contributed by atoms with van der Waals surface area (Å²) in [7, 11) is 4.04. The molecule has 0 bridgehead atoms. The van der Waals surface area contributed by atoms with Crippen molar-refractivity contribution in [2.24, 2.45) is 13.0 Å². The molecule has 18 heavy (non-hydrogen) atoms. The quantitative estimate of drug-likeness (QED) is 0.877. The first kappa shape index (κ1) is 11.5. The topological polar surface area (TPSA) is 46.0 Å². The van der Waals surface area contributed by atoms with E-state index in [0.717, 1.165) is 42.4 Å². The van der Waals surface area contributed by atoms with Crippen molar-refractivity contribution in [3.8, 4) is 0 Å². The van der Waals surface area contributed by atoms with Crippen molar-refractivity contribution in [3.05, 3.63) is 18.6 Å². The average Bonchev–Trinajstić information content (AvgIpc) is 2.98. The van der Waals surface area contributed by atoms with Crippen molar-refractivity contribution in [2.45, 2.75) is 6.42 Å². The Bertz CT molecular complexity index is 547.